The van der Waals surface area contributed by atoms with Gasteiger partial charge in [0.1, 0.15) is 5.82 Å². The zero-order chi connectivity index (χ0) is 21.4. The molecule has 1 aromatic heterocycles. The van der Waals surface area contributed by atoms with Gasteiger partial charge in [0.05, 0.1) is 11.0 Å². The lowest BCUT2D eigenvalue weighted by molar-refractivity contribution is 0.0566. The minimum atomic E-state index is -0.330. The number of aromatic nitrogens is 2. The van der Waals surface area contributed by atoms with Gasteiger partial charge in [-0.15, -0.1) is 0 Å². The summed E-state index contributed by atoms with van der Waals surface area (Å²) in [5, 5.41) is 2.81. The van der Waals surface area contributed by atoms with Gasteiger partial charge in [-0.1, -0.05) is 31.4 Å². The quantitative estimate of drug-likeness (QED) is 0.696. The Bertz CT molecular complexity index is 1150. The molecule has 2 aromatic carbocycles. The predicted octanol–water partition coefficient (Wildman–Crippen LogP) is 3.89. The second-order valence-corrected chi connectivity index (χ2v) is 8.39. The van der Waals surface area contributed by atoms with Gasteiger partial charge in [-0.05, 0) is 48.7 Å². The maximum absolute atomic E-state index is 13.3. The van der Waals surface area contributed by atoms with Crippen LogP contribution in [0.2, 0.25) is 0 Å². The number of hydrogen-bond acceptors (Lipinski definition) is 3. The van der Waals surface area contributed by atoms with Gasteiger partial charge >= 0.3 is 0 Å². The Balaban J connectivity index is 1.35. The van der Waals surface area contributed by atoms with Gasteiger partial charge in [-0.2, -0.15) is 0 Å². The number of halogens is 1. The number of carbonyl (C=O) groups excluding carboxylic acids is 2. The summed E-state index contributed by atoms with van der Waals surface area (Å²) in [4.78, 5) is 32.3. The van der Waals surface area contributed by atoms with E-state index in [-0.39, 0.29) is 24.2 Å². The molecule has 0 atom stereocenters. The summed E-state index contributed by atoms with van der Waals surface area (Å²) in [7, 11) is 0. The summed E-state index contributed by atoms with van der Waals surface area (Å²) < 4.78 is 15.3. The largest absolute Gasteiger partial charge is 0.348 e. The van der Waals surface area contributed by atoms with Crippen LogP contribution in [0.3, 0.4) is 0 Å². The zero-order valence-electron chi connectivity index (χ0n) is 17.3. The highest BCUT2D eigenvalue weighted by atomic mass is 19.1. The molecule has 2 amide bonds. The van der Waals surface area contributed by atoms with Crippen molar-refractivity contribution < 1.29 is 14.0 Å². The van der Waals surface area contributed by atoms with E-state index in [0.29, 0.717) is 35.1 Å². The summed E-state index contributed by atoms with van der Waals surface area (Å²) in [6.07, 6.45) is 5.75. The number of fused-ring (bicyclic) bond motifs is 3. The van der Waals surface area contributed by atoms with Crippen LogP contribution in [-0.2, 0) is 13.1 Å². The van der Waals surface area contributed by atoms with Crippen LogP contribution >= 0.6 is 0 Å². The van der Waals surface area contributed by atoms with Gasteiger partial charge in [0, 0.05) is 31.2 Å². The molecule has 1 saturated carbocycles. The first-order valence-corrected chi connectivity index (χ1v) is 10.9. The van der Waals surface area contributed by atoms with Crippen LogP contribution in [0.5, 0.6) is 0 Å². The van der Waals surface area contributed by atoms with E-state index in [0.717, 1.165) is 24.9 Å². The number of benzene rings is 2. The smallest absolute Gasteiger partial charge is 0.290 e. The van der Waals surface area contributed by atoms with Crippen molar-refractivity contribution >= 4 is 22.8 Å². The number of amides is 2. The van der Waals surface area contributed by atoms with E-state index in [1.54, 1.807) is 24.3 Å². The Morgan fingerprint density at radius 2 is 1.94 bits per heavy atom. The molecule has 2 aliphatic rings. The highest BCUT2D eigenvalue weighted by Crippen LogP contribution is 2.28. The van der Waals surface area contributed by atoms with Gasteiger partial charge in [0.15, 0.2) is 5.82 Å². The Morgan fingerprint density at radius 1 is 1.10 bits per heavy atom. The molecular weight excluding hydrogens is 395 g/mol. The molecule has 0 saturated heterocycles. The maximum Gasteiger partial charge on any atom is 0.290 e. The Labute approximate surface area is 180 Å². The first-order valence-electron chi connectivity index (χ1n) is 10.9. The van der Waals surface area contributed by atoms with Gasteiger partial charge in [-0.25, -0.2) is 9.37 Å². The zero-order valence-corrected chi connectivity index (χ0v) is 17.3. The summed E-state index contributed by atoms with van der Waals surface area (Å²) in [5.41, 5.74) is 2.68. The molecule has 7 heteroatoms. The summed E-state index contributed by atoms with van der Waals surface area (Å²) in [5.74, 6) is -0.133. The van der Waals surface area contributed by atoms with Crippen LogP contribution in [-0.4, -0.2) is 38.9 Å². The first kappa shape index (κ1) is 19.7. The highest BCUT2D eigenvalue weighted by molar-refractivity contribution is 6.00. The molecule has 31 heavy (non-hydrogen) atoms. The van der Waals surface area contributed by atoms with E-state index in [4.69, 9.17) is 0 Å². The molecule has 0 unspecified atom stereocenters. The SMILES string of the molecule is O=C(NCc1cccc(F)c1)c1ccc2c(c1)nc1n2CCN(C2CCCCC2)C1=O. The fourth-order valence-corrected chi connectivity index (χ4v) is 4.77. The monoisotopic (exact) mass is 420 g/mol. The lowest BCUT2D eigenvalue weighted by Crippen LogP contribution is -2.47. The van der Waals surface area contributed by atoms with Gasteiger partial charge in [0.25, 0.3) is 11.8 Å². The van der Waals surface area contributed by atoms with Crippen molar-refractivity contribution in [2.45, 2.75) is 51.2 Å². The number of imidazole rings is 1. The number of hydrogen-bond donors (Lipinski definition) is 1. The lowest BCUT2D eigenvalue weighted by Gasteiger charge is -2.36. The summed E-state index contributed by atoms with van der Waals surface area (Å²) in [6, 6.07) is 11.8. The van der Waals surface area contributed by atoms with Gasteiger partial charge in [0.2, 0.25) is 0 Å². The molecule has 5 rings (SSSR count). The Kier molecular flexibility index (Phi) is 5.18. The number of nitrogens with one attached hydrogen (secondary N) is 1. The van der Waals surface area contributed by atoms with Crippen molar-refractivity contribution in [1.82, 2.24) is 19.8 Å². The fourth-order valence-electron chi connectivity index (χ4n) is 4.77. The molecule has 1 N–H and O–H groups in total. The summed E-state index contributed by atoms with van der Waals surface area (Å²) in [6.45, 7) is 1.67. The second kappa shape index (κ2) is 8.13. The van der Waals surface area contributed by atoms with E-state index < -0.39 is 0 Å². The van der Waals surface area contributed by atoms with Crippen LogP contribution in [0.4, 0.5) is 4.39 Å². The molecule has 0 radical (unpaired) electrons. The van der Waals surface area contributed by atoms with Crippen LogP contribution < -0.4 is 5.32 Å². The topological polar surface area (TPSA) is 67.2 Å². The number of rotatable bonds is 4. The van der Waals surface area contributed by atoms with Crippen molar-refractivity contribution in [1.29, 1.82) is 0 Å². The average Bonchev–Trinajstić information content (AvgIpc) is 3.17. The summed E-state index contributed by atoms with van der Waals surface area (Å²) >= 11 is 0. The van der Waals surface area contributed by atoms with Crippen LogP contribution in [0.15, 0.2) is 42.5 Å². The van der Waals surface area contributed by atoms with Gasteiger partial charge < -0.3 is 14.8 Å². The minimum Gasteiger partial charge on any atom is -0.348 e. The lowest BCUT2D eigenvalue weighted by atomic mass is 9.94. The van der Waals surface area contributed by atoms with Crippen LogP contribution in [0.25, 0.3) is 11.0 Å². The minimum absolute atomic E-state index is 0.00791. The van der Waals surface area contributed by atoms with Gasteiger partial charge in [-0.3, -0.25) is 9.59 Å². The molecular formula is C24H25FN4O2. The third-order valence-corrected chi connectivity index (χ3v) is 6.38. The standard InChI is InChI=1S/C24H25FN4O2/c25-18-6-4-5-16(13-18)15-26-23(30)17-9-10-21-20(14-17)27-22-24(31)28(11-12-29(21)22)19-7-2-1-3-8-19/h4-6,9-10,13-14,19H,1-3,7-8,11-12,15H2,(H,26,30). The van der Waals surface area contributed by atoms with E-state index in [1.165, 1.54) is 31.4 Å². The fraction of sp³-hybridized carbons (Fsp3) is 0.375. The van der Waals surface area contributed by atoms with E-state index in [9.17, 15) is 14.0 Å². The number of nitrogens with zero attached hydrogens (tertiary/aromatic N) is 3. The molecule has 3 aromatic rings. The normalized spacial score (nSPS) is 17.1. The van der Waals surface area contributed by atoms with Crippen LogP contribution in [0.1, 0.15) is 58.6 Å². The van der Waals surface area contributed by atoms with E-state index in [2.05, 4.69) is 10.3 Å². The molecule has 160 valence electrons. The molecule has 0 spiro atoms. The number of carbonyl (C=O) groups is 2. The maximum atomic E-state index is 13.3. The van der Waals surface area contributed by atoms with Crippen molar-refractivity contribution in [2.75, 3.05) is 6.54 Å². The third-order valence-electron chi connectivity index (χ3n) is 6.38. The van der Waals surface area contributed by atoms with E-state index >= 15 is 0 Å². The first-order chi connectivity index (χ1) is 15.1. The van der Waals surface area contributed by atoms with Crippen LogP contribution in [0, 0.1) is 5.82 Å². The second-order valence-electron chi connectivity index (χ2n) is 8.39. The molecule has 0 bridgehead atoms. The molecule has 1 fully saturated rings. The highest BCUT2D eigenvalue weighted by Gasteiger charge is 2.33. The molecule has 1 aliphatic carbocycles. The van der Waals surface area contributed by atoms with Crippen molar-refractivity contribution in [3.8, 4) is 0 Å². The van der Waals surface area contributed by atoms with E-state index in [1.807, 2.05) is 15.5 Å². The van der Waals surface area contributed by atoms with Crippen molar-refractivity contribution in [3.63, 3.8) is 0 Å². The Hall–Kier alpha value is -3.22. The average molecular weight is 420 g/mol. The molecule has 6 nitrogen and oxygen atoms in total. The van der Waals surface area contributed by atoms with Crippen molar-refractivity contribution in [2.24, 2.45) is 0 Å². The molecule has 1 aliphatic heterocycles. The third kappa shape index (κ3) is 3.80. The Morgan fingerprint density at radius 3 is 2.74 bits per heavy atom. The predicted molar refractivity (Wildman–Crippen MR) is 115 cm³/mol. The molecule has 2 heterocycles. The van der Waals surface area contributed by atoms with Crippen molar-refractivity contribution in [3.05, 3.63) is 65.2 Å².